The Kier molecular flexibility index (Phi) is 3.53. The lowest BCUT2D eigenvalue weighted by Crippen LogP contribution is -2.00. The Hall–Kier alpha value is -2.01. The number of aromatic amines is 1. The van der Waals surface area contributed by atoms with Crippen LogP contribution in [0.25, 0.3) is 11.3 Å². The van der Waals surface area contributed by atoms with Crippen molar-refractivity contribution < 1.29 is 9.47 Å². The number of methoxy groups -OCH3 is 2. The molecular formula is C13H17N3O2. The summed E-state index contributed by atoms with van der Waals surface area (Å²) >= 11 is 0. The number of hydrogen-bond donors (Lipinski definition) is 2. The number of nitrogens with one attached hydrogen (secondary N) is 1. The highest BCUT2D eigenvalue weighted by Crippen LogP contribution is 2.34. The predicted octanol–water partition coefficient (Wildman–Crippen LogP) is 1.86. The van der Waals surface area contributed by atoms with Gasteiger partial charge in [-0.25, -0.2) is 0 Å². The molecule has 1 aromatic heterocycles. The molecule has 0 unspecified atom stereocenters. The van der Waals surface area contributed by atoms with E-state index >= 15 is 0 Å². The van der Waals surface area contributed by atoms with Crippen LogP contribution < -0.4 is 15.2 Å². The monoisotopic (exact) mass is 247 g/mol. The second-order valence-electron chi connectivity index (χ2n) is 3.95. The number of rotatable bonds is 4. The molecule has 0 amide bonds. The topological polar surface area (TPSA) is 73.2 Å². The molecule has 5 heteroatoms. The first-order chi connectivity index (χ1) is 8.71. The molecule has 0 aliphatic carbocycles. The Balaban J connectivity index is 2.56. The fourth-order valence-corrected chi connectivity index (χ4v) is 1.92. The van der Waals surface area contributed by atoms with E-state index in [9.17, 15) is 0 Å². The zero-order valence-corrected chi connectivity index (χ0v) is 10.8. The van der Waals surface area contributed by atoms with Crippen LogP contribution in [0.3, 0.4) is 0 Å². The Labute approximate surface area is 106 Å². The molecule has 0 radical (unpaired) electrons. The Morgan fingerprint density at radius 1 is 1.28 bits per heavy atom. The fourth-order valence-electron chi connectivity index (χ4n) is 1.92. The third kappa shape index (κ3) is 2.04. The van der Waals surface area contributed by atoms with E-state index in [1.165, 1.54) is 0 Å². The molecular weight excluding hydrogens is 230 g/mol. The number of nitrogens with zero attached hydrogens (tertiary/aromatic N) is 1. The van der Waals surface area contributed by atoms with E-state index in [-0.39, 0.29) is 0 Å². The van der Waals surface area contributed by atoms with Crippen molar-refractivity contribution in [2.45, 2.75) is 13.5 Å². The highest BCUT2D eigenvalue weighted by atomic mass is 16.5. The maximum atomic E-state index is 5.76. The van der Waals surface area contributed by atoms with Gasteiger partial charge in [-0.15, -0.1) is 0 Å². The van der Waals surface area contributed by atoms with Gasteiger partial charge in [-0.1, -0.05) is 0 Å². The molecule has 0 saturated heterocycles. The van der Waals surface area contributed by atoms with Crippen molar-refractivity contribution in [3.05, 3.63) is 29.5 Å². The third-order valence-corrected chi connectivity index (χ3v) is 2.94. The van der Waals surface area contributed by atoms with Gasteiger partial charge >= 0.3 is 0 Å². The van der Waals surface area contributed by atoms with Gasteiger partial charge in [0.15, 0.2) is 0 Å². The average molecular weight is 247 g/mol. The van der Waals surface area contributed by atoms with Crippen molar-refractivity contribution in [3.8, 4) is 22.8 Å². The highest BCUT2D eigenvalue weighted by Gasteiger charge is 2.15. The van der Waals surface area contributed by atoms with E-state index in [4.69, 9.17) is 15.2 Å². The number of H-pyrrole nitrogens is 1. The Bertz CT molecular complexity index is 549. The smallest absolute Gasteiger partial charge is 0.132 e. The zero-order valence-electron chi connectivity index (χ0n) is 10.8. The average Bonchev–Trinajstić information content (AvgIpc) is 2.78. The molecule has 2 aromatic rings. The summed E-state index contributed by atoms with van der Waals surface area (Å²) < 4.78 is 10.6. The molecule has 3 N–H and O–H groups in total. The van der Waals surface area contributed by atoms with E-state index in [1.807, 2.05) is 25.1 Å². The van der Waals surface area contributed by atoms with Gasteiger partial charge in [0.05, 0.1) is 14.2 Å². The minimum Gasteiger partial charge on any atom is -0.497 e. The molecule has 18 heavy (non-hydrogen) atoms. The number of nitrogens with two attached hydrogens (primary N) is 1. The number of hydrogen-bond acceptors (Lipinski definition) is 4. The van der Waals surface area contributed by atoms with E-state index < -0.39 is 0 Å². The van der Waals surface area contributed by atoms with Crippen LogP contribution in [0.2, 0.25) is 0 Å². The summed E-state index contributed by atoms with van der Waals surface area (Å²) in [6.07, 6.45) is 0. The minimum atomic E-state index is 0.437. The molecule has 0 spiro atoms. The lowest BCUT2D eigenvalue weighted by Gasteiger charge is -2.09. The fraction of sp³-hybridized carbons (Fsp3) is 0.308. The maximum Gasteiger partial charge on any atom is 0.132 e. The van der Waals surface area contributed by atoms with Crippen molar-refractivity contribution >= 4 is 0 Å². The minimum absolute atomic E-state index is 0.437. The molecule has 2 rings (SSSR count). The zero-order chi connectivity index (χ0) is 13.1. The first-order valence-corrected chi connectivity index (χ1v) is 5.67. The number of ether oxygens (including phenoxy) is 2. The number of benzene rings is 1. The van der Waals surface area contributed by atoms with Gasteiger partial charge < -0.3 is 15.2 Å². The summed E-state index contributed by atoms with van der Waals surface area (Å²) in [6.45, 7) is 2.39. The van der Waals surface area contributed by atoms with Gasteiger partial charge in [-0.2, -0.15) is 5.10 Å². The molecule has 96 valence electrons. The SMILES string of the molecule is COc1ccc(-c2n[nH]c(C)c2CN)c(OC)c1. The summed E-state index contributed by atoms with van der Waals surface area (Å²) in [4.78, 5) is 0. The van der Waals surface area contributed by atoms with Crippen LogP contribution >= 0.6 is 0 Å². The molecule has 0 aliphatic rings. The molecule has 0 atom stereocenters. The van der Waals surface area contributed by atoms with Gasteiger partial charge in [-0.05, 0) is 19.1 Å². The summed E-state index contributed by atoms with van der Waals surface area (Å²) in [5.74, 6) is 1.47. The van der Waals surface area contributed by atoms with Crippen molar-refractivity contribution in [1.82, 2.24) is 10.2 Å². The first-order valence-electron chi connectivity index (χ1n) is 5.67. The van der Waals surface area contributed by atoms with E-state index in [0.717, 1.165) is 34.0 Å². The summed E-state index contributed by atoms with van der Waals surface area (Å²) in [7, 11) is 3.25. The lowest BCUT2D eigenvalue weighted by molar-refractivity contribution is 0.395. The van der Waals surface area contributed by atoms with Crippen LogP contribution in [-0.4, -0.2) is 24.4 Å². The highest BCUT2D eigenvalue weighted by molar-refractivity contribution is 5.71. The van der Waals surface area contributed by atoms with Crippen molar-refractivity contribution in [1.29, 1.82) is 0 Å². The van der Waals surface area contributed by atoms with E-state index in [1.54, 1.807) is 14.2 Å². The Morgan fingerprint density at radius 2 is 2.06 bits per heavy atom. The summed E-state index contributed by atoms with van der Waals surface area (Å²) in [5.41, 5.74) is 9.47. The van der Waals surface area contributed by atoms with Crippen molar-refractivity contribution in [3.63, 3.8) is 0 Å². The van der Waals surface area contributed by atoms with Gasteiger partial charge in [0.25, 0.3) is 0 Å². The molecule has 0 saturated carbocycles. The largest absolute Gasteiger partial charge is 0.497 e. The van der Waals surface area contributed by atoms with Gasteiger partial charge in [0.1, 0.15) is 17.2 Å². The van der Waals surface area contributed by atoms with Crippen LogP contribution in [0.4, 0.5) is 0 Å². The summed E-state index contributed by atoms with van der Waals surface area (Å²) in [5, 5.41) is 7.24. The van der Waals surface area contributed by atoms with Crippen LogP contribution in [0, 0.1) is 6.92 Å². The van der Waals surface area contributed by atoms with E-state index in [0.29, 0.717) is 6.54 Å². The molecule has 0 fully saturated rings. The van der Waals surface area contributed by atoms with Crippen LogP contribution in [-0.2, 0) is 6.54 Å². The standard InChI is InChI=1S/C13H17N3O2/c1-8-11(7-14)13(16-15-8)10-5-4-9(17-2)6-12(10)18-3/h4-6H,7,14H2,1-3H3,(H,15,16). The molecule has 1 aromatic carbocycles. The normalized spacial score (nSPS) is 10.4. The first kappa shape index (κ1) is 12.4. The Morgan fingerprint density at radius 3 is 2.67 bits per heavy atom. The van der Waals surface area contributed by atoms with Crippen molar-refractivity contribution in [2.24, 2.45) is 5.73 Å². The molecule has 1 heterocycles. The quantitative estimate of drug-likeness (QED) is 0.865. The van der Waals surface area contributed by atoms with Gasteiger partial charge in [-0.3, -0.25) is 5.10 Å². The second-order valence-corrected chi connectivity index (χ2v) is 3.95. The van der Waals surface area contributed by atoms with Crippen LogP contribution in [0.1, 0.15) is 11.3 Å². The summed E-state index contributed by atoms with van der Waals surface area (Å²) in [6, 6.07) is 5.63. The maximum absolute atomic E-state index is 5.76. The molecule has 0 aliphatic heterocycles. The van der Waals surface area contributed by atoms with Crippen LogP contribution in [0.15, 0.2) is 18.2 Å². The second kappa shape index (κ2) is 5.10. The van der Waals surface area contributed by atoms with Crippen LogP contribution in [0.5, 0.6) is 11.5 Å². The number of aryl methyl sites for hydroxylation is 1. The molecule has 5 nitrogen and oxygen atoms in total. The van der Waals surface area contributed by atoms with E-state index in [2.05, 4.69) is 10.2 Å². The predicted molar refractivity (Wildman–Crippen MR) is 69.8 cm³/mol. The van der Waals surface area contributed by atoms with Gasteiger partial charge in [0.2, 0.25) is 0 Å². The lowest BCUT2D eigenvalue weighted by atomic mass is 10.0. The van der Waals surface area contributed by atoms with Gasteiger partial charge in [0, 0.05) is 29.4 Å². The van der Waals surface area contributed by atoms with Crippen molar-refractivity contribution in [2.75, 3.05) is 14.2 Å². The third-order valence-electron chi connectivity index (χ3n) is 2.94. The molecule has 0 bridgehead atoms. The number of aromatic nitrogens is 2.